The number of carbonyl (C=O) groups excluding carboxylic acids is 1. The molecule has 252 valence electrons. The molecule has 1 rings (SSSR count). The van der Waals surface area contributed by atoms with Gasteiger partial charge in [-0.2, -0.15) is 0 Å². The second-order valence-electron chi connectivity index (χ2n) is 10.7. The Bertz CT molecular complexity index is 827. The molecule has 1 aliphatic rings. The SMILES string of the molecule is CCCCCCCCCCCCC/C=C/C=C/C(=O)OCC(O)COP(=O)(O)OCCNC1OC(CO)C(O)C(O)C1O. The molecule has 0 bridgehead atoms. The quantitative estimate of drug-likeness (QED) is 0.0252. The van der Waals surface area contributed by atoms with Crippen LogP contribution >= 0.6 is 7.82 Å². The van der Waals surface area contributed by atoms with E-state index in [1.165, 1.54) is 70.3 Å². The molecule has 1 saturated heterocycles. The van der Waals surface area contributed by atoms with Crippen LogP contribution in [-0.4, -0.2) is 106 Å². The summed E-state index contributed by atoms with van der Waals surface area (Å²) in [6.07, 6.45) is 13.4. The molecule has 7 N–H and O–H groups in total. The highest BCUT2D eigenvalue weighted by atomic mass is 31.2. The summed E-state index contributed by atoms with van der Waals surface area (Å²) in [7, 11) is -4.56. The Labute approximate surface area is 255 Å². The summed E-state index contributed by atoms with van der Waals surface area (Å²) in [5.74, 6) is -0.680. The van der Waals surface area contributed by atoms with Gasteiger partial charge in [-0.15, -0.1) is 0 Å². The number of hydrogen-bond donors (Lipinski definition) is 7. The average Bonchev–Trinajstić information content (AvgIpc) is 2.99. The predicted octanol–water partition coefficient (Wildman–Crippen LogP) is 2.23. The van der Waals surface area contributed by atoms with Gasteiger partial charge >= 0.3 is 13.8 Å². The zero-order valence-corrected chi connectivity index (χ0v) is 26.3. The Balaban J connectivity index is 2.08. The Morgan fingerprint density at radius 2 is 1.53 bits per heavy atom. The van der Waals surface area contributed by atoms with Crippen molar-refractivity contribution in [3.63, 3.8) is 0 Å². The summed E-state index contributed by atoms with van der Waals surface area (Å²) in [5.41, 5.74) is 0. The highest BCUT2D eigenvalue weighted by Gasteiger charge is 2.43. The maximum absolute atomic E-state index is 12.0. The van der Waals surface area contributed by atoms with E-state index >= 15 is 0 Å². The highest BCUT2D eigenvalue weighted by Crippen LogP contribution is 2.42. The third-order valence-corrected chi connectivity index (χ3v) is 7.88. The van der Waals surface area contributed by atoms with E-state index in [0.29, 0.717) is 0 Å². The minimum absolute atomic E-state index is 0.128. The van der Waals surface area contributed by atoms with Crippen molar-refractivity contribution < 1.29 is 58.3 Å². The molecule has 0 aromatic heterocycles. The first-order chi connectivity index (χ1) is 20.6. The van der Waals surface area contributed by atoms with E-state index in [-0.39, 0.29) is 13.2 Å². The topological polar surface area (TPSA) is 204 Å². The molecule has 0 amide bonds. The zero-order valence-electron chi connectivity index (χ0n) is 25.4. The molecule has 1 fully saturated rings. The van der Waals surface area contributed by atoms with Crippen molar-refractivity contribution >= 4 is 13.8 Å². The molecule has 0 aromatic carbocycles. The summed E-state index contributed by atoms with van der Waals surface area (Å²) in [6, 6.07) is 0. The van der Waals surface area contributed by atoms with Crippen molar-refractivity contribution in [2.45, 2.75) is 121 Å². The van der Waals surface area contributed by atoms with E-state index in [9.17, 15) is 39.8 Å². The van der Waals surface area contributed by atoms with Crippen LogP contribution in [0, 0.1) is 0 Å². The number of phosphoric acid groups is 1. The molecular weight excluding hydrogens is 585 g/mol. The van der Waals surface area contributed by atoms with Gasteiger partial charge in [0.15, 0.2) is 0 Å². The number of esters is 1. The number of aliphatic hydroxyl groups is 5. The lowest BCUT2D eigenvalue weighted by Crippen LogP contribution is -2.62. The lowest BCUT2D eigenvalue weighted by atomic mass is 9.98. The summed E-state index contributed by atoms with van der Waals surface area (Å²) < 4.78 is 31.6. The lowest BCUT2D eigenvalue weighted by molar-refractivity contribution is -0.236. The van der Waals surface area contributed by atoms with Gasteiger partial charge < -0.3 is 39.9 Å². The molecule has 0 aromatic rings. The van der Waals surface area contributed by atoms with Crippen molar-refractivity contribution in [1.29, 1.82) is 0 Å². The summed E-state index contributed by atoms with van der Waals surface area (Å²) in [5, 5.41) is 51.2. The highest BCUT2D eigenvalue weighted by molar-refractivity contribution is 7.47. The minimum Gasteiger partial charge on any atom is -0.460 e. The van der Waals surface area contributed by atoms with Crippen LogP contribution in [0.5, 0.6) is 0 Å². The number of nitrogens with one attached hydrogen (secondary N) is 1. The van der Waals surface area contributed by atoms with Crippen molar-refractivity contribution in [2.24, 2.45) is 0 Å². The van der Waals surface area contributed by atoms with Crippen LogP contribution in [0.4, 0.5) is 0 Å². The molecule has 43 heavy (non-hydrogen) atoms. The first kappa shape index (κ1) is 39.8. The lowest BCUT2D eigenvalue weighted by Gasteiger charge is -2.40. The predicted molar refractivity (Wildman–Crippen MR) is 160 cm³/mol. The summed E-state index contributed by atoms with van der Waals surface area (Å²) in [6.45, 7) is 0.0399. The molecule has 0 aliphatic carbocycles. The third kappa shape index (κ3) is 19.0. The van der Waals surface area contributed by atoms with Crippen molar-refractivity contribution in [2.75, 3.05) is 33.0 Å². The van der Waals surface area contributed by atoms with Crippen LogP contribution in [-0.2, 0) is 27.9 Å². The van der Waals surface area contributed by atoms with Gasteiger partial charge in [-0.3, -0.25) is 14.4 Å². The van der Waals surface area contributed by atoms with E-state index in [1.54, 1.807) is 12.2 Å². The van der Waals surface area contributed by atoms with Crippen molar-refractivity contribution in [3.8, 4) is 0 Å². The standard InChI is InChI=1S/C29H54NO12P/c1-2-3-4-5-6-7-8-9-10-11-12-13-14-15-16-17-25(33)39-21-23(32)22-41-43(37,38)40-19-18-30-29-28(36)27(35)26(34)24(20-31)42-29/h14-17,23-24,26-32,34-36H,2-13,18-22H2,1H3,(H,37,38)/b15-14+,17-16+. The smallest absolute Gasteiger partial charge is 0.460 e. The van der Waals surface area contributed by atoms with E-state index in [1.807, 2.05) is 6.08 Å². The van der Waals surface area contributed by atoms with Crippen molar-refractivity contribution in [3.05, 3.63) is 24.3 Å². The van der Waals surface area contributed by atoms with Crippen molar-refractivity contribution in [1.82, 2.24) is 5.32 Å². The first-order valence-electron chi connectivity index (χ1n) is 15.4. The number of ether oxygens (including phenoxy) is 2. The van der Waals surface area contributed by atoms with Gasteiger partial charge in [0, 0.05) is 12.6 Å². The molecule has 14 heteroatoms. The summed E-state index contributed by atoms with van der Waals surface area (Å²) in [4.78, 5) is 21.5. The van der Waals surface area contributed by atoms with E-state index in [2.05, 4.69) is 12.2 Å². The number of aliphatic hydroxyl groups excluding tert-OH is 5. The molecule has 0 saturated carbocycles. The van der Waals surface area contributed by atoms with Crippen LogP contribution in [0.25, 0.3) is 0 Å². The molecule has 1 aliphatic heterocycles. The fourth-order valence-corrected chi connectivity index (χ4v) is 5.12. The second-order valence-corrected chi connectivity index (χ2v) is 12.2. The zero-order chi connectivity index (χ0) is 31.9. The van der Waals surface area contributed by atoms with E-state index < -0.39 is 70.4 Å². The Kier molecular flexibility index (Phi) is 22.3. The Hall–Kier alpha value is -1.22. The van der Waals surface area contributed by atoms with E-state index in [4.69, 9.17) is 18.5 Å². The normalized spacial score (nSPS) is 24.9. The maximum atomic E-state index is 12.0. The fourth-order valence-electron chi connectivity index (χ4n) is 4.36. The van der Waals surface area contributed by atoms with Gasteiger partial charge in [-0.1, -0.05) is 89.4 Å². The average molecular weight is 640 g/mol. The molecule has 7 unspecified atom stereocenters. The summed E-state index contributed by atoms with van der Waals surface area (Å²) >= 11 is 0. The number of allylic oxidation sites excluding steroid dienone is 3. The van der Waals surface area contributed by atoms with Crippen LogP contribution in [0.15, 0.2) is 24.3 Å². The molecule has 0 radical (unpaired) electrons. The molecular formula is C29H54NO12P. The minimum atomic E-state index is -4.56. The van der Waals surface area contributed by atoms with E-state index in [0.717, 1.165) is 12.8 Å². The Morgan fingerprint density at radius 1 is 0.907 bits per heavy atom. The molecule has 7 atom stereocenters. The van der Waals surface area contributed by atoms with Crippen LogP contribution in [0.3, 0.4) is 0 Å². The number of unbranched alkanes of at least 4 members (excludes halogenated alkanes) is 11. The van der Waals surface area contributed by atoms with Crippen LogP contribution in [0.2, 0.25) is 0 Å². The third-order valence-electron chi connectivity index (χ3n) is 6.90. The monoisotopic (exact) mass is 639 g/mol. The number of carbonyl (C=O) groups is 1. The van der Waals surface area contributed by atoms with Gasteiger partial charge in [0.25, 0.3) is 0 Å². The number of phosphoric ester groups is 1. The van der Waals surface area contributed by atoms with Gasteiger partial charge in [-0.25, -0.2) is 9.36 Å². The van der Waals surface area contributed by atoms with Gasteiger partial charge in [0.1, 0.15) is 43.4 Å². The molecule has 0 spiro atoms. The maximum Gasteiger partial charge on any atom is 0.472 e. The van der Waals surface area contributed by atoms with Crippen LogP contribution in [0.1, 0.15) is 84.0 Å². The van der Waals surface area contributed by atoms with Crippen LogP contribution < -0.4 is 5.32 Å². The fraction of sp³-hybridized carbons (Fsp3) is 0.828. The number of hydrogen-bond acceptors (Lipinski definition) is 12. The van der Waals surface area contributed by atoms with Gasteiger partial charge in [0.05, 0.1) is 19.8 Å². The molecule has 1 heterocycles. The van der Waals surface area contributed by atoms with Gasteiger partial charge in [-0.05, 0) is 12.8 Å². The first-order valence-corrected chi connectivity index (χ1v) is 16.9. The molecule has 13 nitrogen and oxygen atoms in total. The Morgan fingerprint density at radius 3 is 2.16 bits per heavy atom. The van der Waals surface area contributed by atoms with Gasteiger partial charge in [0.2, 0.25) is 0 Å². The largest absolute Gasteiger partial charge is 0.472 e. The number of rotatable bonds is 25. The second kappa shape index (κ2) is 24.1.